The van der Waals surface area contributed by atoms with Crippen molar-refractivity contribution in [2.45, 2.75) is 44.9 Å². The Morgan fingerprint density at radius 1 is 1.29 bits per heavy atom. The van der Waals surface area contributed by atoms with Crippen molar-refractivity contribution in [1.29, 1.82) is 0 Å². The average molecular weight is 363 g/mol. The highest BCUT2D eigenvalue weighted by Gasteiger charge is 2.23. The van der Waals surface area contributed by atoms with Gasteiger partial charge in [-0.05, 0) is 52.2 Å². The van der Waals surface area contributed by atoms with Gasteiger partial charge in [0.2, 0.25) is 0 Å². The van der Waals surface area contributed by atoms with Gasteiger partial charge in [-0.2, -0.15) is 0 Å². The molecule has 1 aromatic heterocycles. The van der Waals surface area contributed by atoms with Crippen molar-refractivity contribution in [2.24, 2.45) is 0 Å². The van der Waals surface area contributed by atoms with E-state index in [-0.39, 0.29) is 0 Å². The van der Waals surface area contributed by atoms with Crippen LogP contribution in [0.25, 0.3) is 0 Å². The van der Waals surface area contributed by atoms with Crippen molar-refractivity contribution in [2.75, 3.05) is 0 Å². The van der Waals surface area contributed by atoms with Crippen molar-refractivity contribution in [3.8, 4) is 0 Å². The fourth-order valence-electron chi connectivity index (χ4n) is 3.02. The predicted molar refractivity (Wildman–Crippen MR) is 92.4 cm³/mol. The Kier molecular flexibility index (Phi) is 4.27. The standard InChI is InChI=1S/C17H19BrN2S/c1-10(2)15-14(18)17(21)20-16(19-15)13-8-7-11-5-3-4-6-12(11)9-13/h3-6,10,13H,7-9H2,1-2H3,(H,19,20,21). The number of benzene rings is 1. The second-order valence-electron chi connectivity index (χ2n) is 6.02. The van der Waals surface area contributed by atoms with Gasteiger partial charge in [0.05, 0.1) is 4.47 Å². The summed E-state index contributed by atoms with van der Waals surface area (Å²) in [6, 6.07) is 8.72. The van der Waals surface area contributed by atoms with Gasteiger partial charge in [0.15, 0.2) is 0 Å². The van der Waals surface area contributed by atoms with E-state index in [1.807, 2.05) is 0 Å². The molecule has 3 rings (SSSR count). The van der Waals surface area contributed by atoms with E-state index in [0.717, 1.165) is 35.3 Å². The Bertz CT molecular complexity index is 721. The van der Waals surface area contributed by atoms with E-state index >= 15 is 0 Å². The molecule has 0 bridgehead atoms. The van der Waals surface area contributed by atoms with E-state index < -0.39 is 0 Å². The summed E-state index contributed by atoms with van der Waals surface area (Å²) in [5.74, 6) is 1.88. The van der Waals surface area contributed by atoms with Crippen LogP contribution in [0.15, 0.2) is 28.7 Å². The maximum atomic E-state index is 5.42. The molecule has 0 spiro atoms. The van der Waals surface area contributed by atoms with E-state index in [2.05, 4.69) is 64.0 Å². The second kappa shape index (κ2) is 6.01. The van der Waals surface area contributed by atoms with Gasteiger partial charge >= 0.3 is 0 Å². The van der Waals surface area contributed by atoms with Gasteiger partial charge in [0, 0.05) is 11.6 Å². The molecule has 0 amide bonds. The lowest BCUT2D eigenvalue weighted by atomic mass is 9.83. The molecule has 110 valence electrons. The van der Waals surface area contributed by atoms with E-state index in [1.54, 1.807) is 0 Å². The Balaban J connectivity index is 1.97. The Morgan fingerprint density at radius 2 is 2.00 bits per heavy atom. The van der Waals surface area contributed by atoms with Crippen LogP contribution in [0.2, 0.25) is 0 Å². The third-order valence-electron chi connectivity index (χ3n) is 4.22. The summed E-state index contributed by atoms with van der Waals surface area (Å²) in [6.45, 7) is 4.34. The number of nitrogens with zero attached hydrogens (tertiary/aromatic N) is 1. The Morgan fingerprint density at radius 3 is 2.71 bits per heavy atom. The largest absolute Gasteiger partial charge is 0.346 e. The number of nitrogens with one attached hydrogen (secondary N) is 1. The SMILES string of the molecule is CC(C)c1[nH]c(C2CCc3ccccc3C2)nc(=S)c1Br. The van der Waals surface area contributed by atoms with Crippen LogP contribution in [0.1, 0.15) is 54.7 Å². The molecule has 2 nitrogen and oxygen atoms in total. The molecule has 1 aliphatic carbocycles. The third kappa shape index (κ3) is 2.97. The Hall–Kier alpha value is -1.00. The van der Waals surface area contributed by atoms with Crippen molar-refractivity contribution in [3.63, 3.8) is 0 Å². The summed E-state index contributed by atoms with van der Waals surface area (Å²) in [5.41, 5.74) is 4.08. The summed E-state index contributed by atoms with van der Waals surface area (Å²) >= 11 is 8.98. The summed E-state index contributed by atoms with van der Waals surface area (Å²) in [6.07, 6.45) is 3.30. The minimum absolute atomic E-state index is 0.402. The lowest BCUT2D eigenvalue weighted by Gasteiger charge is -2.25. The highest BCUT2D eigenvalue weighted by atomic mass is 79.9. The summed E-state index contributed by atoms with van der Waals surface area (Å²) in [5, 5.41) is 0. The quantitative estimate of drug-likeness (QED) is 0.734. The summed E-state index contributed by atoms with van der Waals surface area (Å²) in [7, 11) is 0. The minimum Gasteiger partial charge on any atom is -0.346 e. The number of hydrogen-bond donors (Lipinski definition) is 1. The molecule has 1 unspecified atom stereocenters. The molecule has 1 atom stereocenters. The van der Waals surface area contributed by atoms with Gasteiger partial charge in [-0.25, -0.2) is 4.98 Å². The van der Waals surface area contributed by atoms with Crippen molar-refractivity contribution < 1.29 is 0 Å². The number of hydrogen-bond acceptors (Lipinski definition) is 2. The first-order valence-corrected chi connectivity index (χ1v) is 8.62. The van der Waals surface area contributed by atoms with Gasteiger partial charge in [0.1, 0.15) is 10.5 Å². The predicted octanol–water partition coefficient (Wildman–Crippen LogP) is 5.30. The van der Waals surface area contributed by atoms with Gasteiger partial charge in [-0.15, -0.1) is 0 Å². The molecule has 21 heavy (non-hydrogen) atoms. The van der Waals surface area contributed by atoms with Gasteiger partial charge in [-0.1, -0.05) is 50.3 Å². The number of aromatic amines is 1. The number of aromatic nitrogens is 2. The molecule has 1 aromatic carbocycles. The first-order valence-electron chi connectivity index (χ1n) is 7.42. The highest BCUT2D eigenvalue weighted by molar-refractivity contribution is 9.10. The first kappa shape index (κ1) is 14.9. The molecule has 1 N–H and O–H groups in total. The molecule has 1 heterocycles. The zero-order valence-corrected chi connectivity index (χ0v) is 14.7. The molecule has 0 aliphatic heterocycles. The number of halogens is 1. The summed E-state index contributed by atoms with van der Waals surface area (Å²) in [4.78, 5) is 8.15. The summed E-state index contributed by atoms with van der Waals surface area (Å²) < 4.78 is 1.61. The molecule has 0 saturated carbocycles. The van der Waals surface area contributed by atoms with Crippen LogP contribution in [-0.2, 0) is 12.8 Å². The number of aryl methyl sites for hydroxylation is 1. The first-order chi connectivity index (χ1) is 10.1. The van der Waals surface area contributed by atoms with Crippen LogP contribution >= 0.6 is 28.1 Å². The monoisotopic (exact) mass is 362 g/mol. The molecule has 2 aromatic rings. The molecule has 1 aliphatic rings. The highest BCUT2D eigenvalue weighted by Crippen LogP contribution is 2.33. The van der Waals surface area contributed by atoms with Crippen LogP contribution in [0, 0.1) is 4.64 Å². The molecule has 0 fully saturated rings. The fraction of sp³-hybridized carbons (Fsp3) is 0.412. The molecular formula is C17H19BrN2S. The van der Waals surface area contributed by atoms with Gasteiger partial charge in [-0.3, -0.25) is 0 Å². The van der Waals surface area contributed by atoms with Crippen molar-refractivity contribution in [1.82, 2.24) is 9.97 Å². The number of H-pyrrole nitrogens is 1. The average Bonchev–Trinajstić information content (AvgIpc) is 2.49. The van der Waals surface area contributed by atoms with Gasteiger partial charge in [0.25, 0.3) is 0 Å². The van der Waals surface area contributed by atoms with Crippen LogP contribution in [0.4, 0.5) is 0 Å². The normalized spacial score (nSPS) is 17.8. The lowest BCUT2D eigenvalue weighted by Crippen LogP contribution is -2.16. The zero-order valence-electron chi connectivity index (χ0n) is 12.3. The van der Waals surface area contributed by atoms with E-state index in [1.165, 1.54) is 11.1 Å². The number of rotatable bonds is 2. The molecule has 4 heteroatoms. The molecular weight excluding hydrogens is 344 g/mol. The van der Waals surface area contributed by atoms with Gasteiger partial charge < -0.3 is 4.98 Å². The maximum Gasteiger partial charge on any atom is 0.144 e. The van der Waals surface area contributed by atoms with E-state index in [0.29, 0.717) is 16.5 Å². The van der Waals surface area contributed by atoms with Crippen molar-refractivity contribution in [3.05, 3.63) is 56.0 Å². The minimum atomic E-state index is 0.402. The Labute approximate surface area is 139 Å². The van der Waals surface area contributed by atoms with Crippen LogP contribution in [0.5, 0.6) is 0 Å². The van der Waals surface area contributed by atoms with Crippen LogP contribution in [-0.4, -0.2) is 9.97 Å². The van der Waals surface area contributed by atoms with E-state index in [4.69, 9.17) is 12.2 Å². The molecule has 0 radical (unpaired) electrons. The smallest absolute Gasteiger partial charge is 0.144 e. The van der Waals surface area contributed by atoms with Crippen LogP contribution < -0.4 is 0 Å². The third-order valence-corrected chi connectivity index (χ3v) is 5.58. The van der Waals surface area contributed by atoms with E-state index in [9.17, 15) is 0 Å². The number of fused-ring (bicyclic) bond motifs is 1. The second-order valence-corrected chi connectivity index (χ2v) is 7.20. The van der Waals surface area contributed by atoms with Crippen LogP contribution in [0.3, 0.4) is 0 Å². The fourth-order valence-corrected chi connectivity index (χ4v) is 3.87. The van der Waals surface area contributed by atoms with Crippen molar-refractivity contribution >= 4 is 28.1 Å². The topological polar surface area (TPSA) is 28.7 Å². The zero-order chi connectivity index (χ0) is 15.0. The molecule has 0 saturated heterocycles. The lowest BCUT2D eigenvalue weighted by molar-refractivity contribution is 0.548. The maximum absolute atomic E-state index is 5.42.